The zero-order valence-corrected chi connectivity index (χ0v) is 8.32. The van der Waals surface area contributed by atoms with Gasteiger partial charge in [0.25, 0.3) is 5.91 Å². The summed E-state index contributed by atoms with van der Waals surface area (Å²) in [6, 6.07) is 6.49. The average Bonchev–Trinajstić information content (AvgIpc) is 2.70. The first-order chi connectivity index (χ1) is 7.25. The molecule has 2 rings (SSSR count). The Hall–Kier alpha value is -1.88. The summed E-state index contributed by atoms with van der Waals surface area (Å²) in [5.74, 6) is 0.184. The van der Waals surface area contributed by atoms with Gasteiger partial charge in [0, 0.05) is 6.07 Å². The monoisotopic (exact) mass is 222 g/mol. The summed E-state index contributed by atoms with van der Waals surface area (Å²) >= 11 is 5.66. The predicted octanol–water partition coefficient (Wildman–Crippen LogP) is 1.71. The molecule has 0 fully saturated rings. The van der Waals surface area contributed by atoms with Crippen molar-refractivity contribution in [2.45, 2.75) is 0 Å². The SMILES string of the molecule is O=C(Nc1ccn[nH]1)c1cccc(Cl)n1. The molecule has 2 aromatic heterocycles. The molecule has 1 amide bonds. The van der Waals surface area contributed by atoms with Crippen molar-refractivity contribution in [1.82, 2.24) is 15.2 Å². The molecule has 0 saturated heterocycles. The van der Waals surface area contributed by atoms with Gasteiger partial charge in [0.1, 0.15) is 16.7 Å². The van der Waals surface area contributed by atoms with Gasteiger partial charge >= 0.3 is 0 Å². The Morgan fingerprint density at radius 1 is 1.40 bits per heavy atom. The summed E-state index contributed by atoms with van der Waals surface area (Å²) < 4.78 is 0. The first-order valence-corrected chi connectivity index (χ1v) is 4.57. The molecule has 76 valence electrons. The topological polar surface area (TPSA) is 70.7 Å². The lowest BCUT2D eigenvalue weighted by Gasteiger charge is -2.01. The molecular weight excluding hydrogens is 216 g/mol. The lowest BCUT2D eigenvalue weighted by atomic mass is 10.3. The number of hydrogen-bond acceptors (Lipinski definition) is 3. The van der Waals surface area contributed by atoms with Gasteiger partial charge in [-0.1, -0.05) is 17.7 Å². The maximum absolute atomic E-state index is 11.6. The molecule has 0 radical (unpaired) electrons. The number of carbonyl (C=O) groups is 1. The van der Waals surface area contributed by atoms with Crippen LogP contribution >= 0.6 is 11.6 Å². The van der Waals surface area contributed by atoms with Crippen LogP contribution in [0.3, 0.4) is 0 Å². The number of carbonyl (C=O) groups excluding carboxylic acids is 1. The van der Waals surface area contributed by atoms with Crippen molar-refractivity contribution >= 4 is 23.3 Å². The Labute approximate surface area is 90.5 Å². The molecule has 0 saturated carbocycles. The van der Waals surface area contributed by atoms with E-state index in [-0.39, 0.29) is 16.8 Å². The molecule has 0 unspecified atom stereocenters. The summed E-state index contributed by atoms with van der Waals surface area (Å²) in [7, 11) is 0. The third-order valence-electron chi connectivity index (χ3n) is 1.70. The quantitative estimate of drug-likeness (QED) is 0.760. The van der Waals surface area contributed by atoms with Gasteiger partial charge in [-0.25, -0.2) is 4.98 Å². The Balaban J connectivity index is 2.15. The standard InChI is InChI=1S/C9H7ClN4O/c10-7-3-1-2-6(12-7)9(15)13-8-4-5-11-14-8/h1-5H,(H2,11,13,14,15). The van der Waals surface area contributed by atoms with E-state index in [0.29, 0.717) is 5.82 Å². The van der Waals surface area contributed by atoms with E-state index >= 15 is 0 Å². The lowest BCUT2D eigenvalue weighted by Crippen LogP contribution is -2.13. The first kappa shape index (κ1) is 9.67. The van der Waals surface area contributed by atoms with Crippen molar-refractivity contribution in [3.05, 3.63) is 41.3 Å². The van der Waals surface area contributed by atoms with Crippen LogP contribution in [-0.4, -0.2) is 21.1 Å². The molecule has 0 aliphatic heterocycles. The number of pyridine rings is 1. The second-order valence-corrected chi connectivity index (χ2v) is 3.16. The summed E-state index contributed by atoms with van der Waals surface area (Å²) in [5.41, 5.74) is 0.261. The molecule has 0 atom stereocenters. The molecule has 0 aromatic carbocycles. The van der Waals surface area contributed by atoms with Crippen LogP contribution in [0.25, 0.3) is 0 Å². The number of aromatic nitrogens is 3. The number of nitrogens with one attached hydrogen (secondary N) is 2. The minimum atomic E-state index is -0.332. The molecular formula is C9H7ClN4O. The maximum atomic E-state index is 11.6. The Bertz CT molecular complexity index is 469. The number of aromatic amines is 1. The summed E-state index contributed by atoms with van der Waals surface area (Å²) in [6.45, 7) is 0. The minimum absolute atomic E-state index is 0.261. The highest BCUT2D eigenvalue weighted by Gasteiger charge is 2.07. The number of hydrogen-bond donors (Lipinski definition) is 2. The fourth-order valence-corrected chi connectivity index (χ4v) is 1.21. The number of amides is 1. The van der Waals surface area contributed by atoms with Gasteiger partial charge in [0.05, 0.1) is 6.20 Å². The Morgan fingerprint density at radius 3 is 2.93 bits per heavy atom. The van der Waals surface area contributed by atoms with E-state index < -0.39 is 0 Å². The van der Waals surface area contributed by atoms with Crippen LogP contribution in [0.2, 0.25) is 5.15 Å². The fraction of sp³-hybridized carbons (Fsp3) is 0. The number of anilines is 1. The summed E-state index contributed by atoms with van der Waals surface area (Å²) in [4.78, 5) is 15.5. The fourth-order valence-electron chi connectivity index (χ4n) is 1.05. The van der Waals surface area contributed by atoms with Crippen LogP contribution in [0, 0.1) is 0 Å². The van der Waals surface area contributed by atoms with Crippen molar-refractivity contribution in [1.29, 1.82) is 0 Å². The third kappa shape index (κ3) is 2.32. The normalized spacial score (nSPS) is 9.93. The highest BCUT2D eigenvalue weighted by atomic mass is 35.5. The van der Waals surface area contributed by atoms with Crippen LogP contribution in [0.5, 0.6) is 0 Å². The van der Waals surface area contributed by atoms with Gasteiger partial charge in [-0.15, -0.1) is 0 Å². The smallest absolute Gasteiger partial charge is 0.275 e. The van der Waals surface area contributed by atoms with E-state index in [1.165, 1.54) is 0 Å². The molecule has 5 nitrogen and oxygen atoms in total. The largest absolute Gasteiger partial charge is 0.306 e. The molecule has 0 spiro atoms. The average molecular weight is 223 g/mol. The van der Waals surface area contributed by atoms with Crippen LogP contribution in [-0.2, 0) is 0 Å². The van der Waals surface area contributed by atoms with Gasteiger partial charge in [-0.3, -0.25) is 9.89 Å². The molecule has 0 bridgehead atoms. The Morgan fingerprint density at radius 2 is 2.27 bits per heavy atom. The van der Waals surface area contributed by atoms with Crippen molar-refractivity contribution < 1.29 is 4.79 Å². The molecule has 0 aliphatic rings. The molecule has 0 aliphatic carbocycles. The van der Waals surface area contributed by atoms with Crippen LogP contribution < -0.4 is 5.32 Å². The van der Waals surface area contributed by atoms with Gasteiger partial charge in [-0.05, 0) is 12.1 Å². The van der Waals surface area contributed by atoms with Crippen LogP contribution in [0.1, 0.15) is 10.5 Å². The number of halogens is 1. The lowest BCUT2D eigenvalue weighted by molar-refractivity contribution is 0.102. The molecule has 2 aromatic rings. The third-order valence-corrected chi connectivity index (χ3v) is 1.91. The molecule has 6 heteroatoms. The van der Waals surface area contributed by atoms with E-state index in [0.717, 1.165) is 0 Å². The van der Waals surface area contributed by atoms with E-state index in [1.54, 1.807) is 30.5 Å². The van der Waals surface area contributed by atoms with Gasteiger partial charge < -0.3 is 5.32 Å². The number of nitrogens with zero attached hydrogens (tertiary/aromatic N) is 2. The van der Waals surface area contributed by atoms with Crippen LogP contribution in [0.15, 0.2) is 30.5 Å². The first-order valence-electron chi connectivity index (χ1n) is 4.19. The molecule has 2 heterocycles. The summed E-state index contributed by atoms with van der Waals surface area (Å²) in [6.07, 6.45) is 1.54. The maximum Gasteiger partial charge on any atom is 0.275 e. The van der Waals surface area contributed by atoms with Gasteiger partial charge in [-0.2, -0.15) is 5.10 Å². The summed E-state index contributed by atoms with van der Waals surface area (Å²) in [5, 5.41) is 9.18. The van der Waals surface area contributed by atoms with Crippen molar-refractivity contribution in [3.63, 3.8) is 0 Å². The zero-order valence-electron chi connectivity index (χ0n) is 7.57. The van der Waals surface area contributed by atoms with Gasteiger partial charge in [0.15, 0.2) is 0 Å². The van der Waals surface area contributed by atoms with Crippen LogP contribution in [0.4, 0.5) is 5.82 Å². The van der Waals surface area contributed by atoms with Gasteiger partial charge in [0.2, 0.25) is 0 Å². The minimum Gasteiger partial charge on any atom is -0.306 e. The zero-order chi connectivity index (χ0) is 10.7. The van der Waals surface area contributed by atoms with E-state index in [9.17, 15) is 4.79 Å². The Kier molecular flexibility index (Phi) is 2.64. The second kappa shape index (κ2) is 4.10. The number of H-pyrrole nitrogens is 1. The second-order valence-electron chi connectivity index (χ2n) is 2.77. The van der Waals surface area contributed by atoms with E-state index in [4.69, 9.17) is 11.6 Å². The molecule has 15 heavy (non-hydrogen) atoms. The predicted molar refractivity (Wildman–Crippen MR) is 55.8 cm³/mol. The van der Waals surface area contributed by atoms with E-state index in [1.807, 2.05) is 0 Å². The van der Waals surface area contributed by atoms with Crippen molar-refractivity contribution in [2.24, 2.45) is 0 Å². The van der Waals surface area contributed by atoms with E-state index in [2.05, 4.69) is 20.5 Å². The molecule has 2 N–H and O–H groups in total. The van der Waals surface area contributed by atoms with Crippen molar-refractivity contribution in [3.8, 4) is 0 Å². The highest BCUT2D eigenvalue weighted by Crippen LogP contribution is 2.07. The highest BCUT2D eigenvalue weighted by molar-refractivity contribution is 6.29. The van der Waals surface area contributed by atoms with Crippen molar-refractivity contribution in [2.75, 3.05) is 5.32 Å². The number of rotatable bonds is 2.